The first-order valence-electron chi connectivity index (χ1n) is 3.09. The number of ether oxygens (including phenoxy) is 2. The Bertz CT molecular complexity index is 102. The minimum absolute atomic E-state index is 0.153. The highest BCUT2D eigenvalue weighted by Crippen LogP contribution is 2.11. The fourth-order valence-electron chi connectivity index (χ4n) is 0.761. The molecule has 3 heteroatoms. The van der Waals surface area contributed by atoms with Crippen molar-refractivity contribution in [3.8, 4) is 0 Å². The molecular formula is C6H10O3. The van der Waals surface area contributed by atoms with Crippen LogP contribution in [0, 0.1) is 0 Å². The van der Waals surface area contributed by atoms with Crippen molar-refractivity contribution in [1.29, 1.82) is 0 Å². The van der Waals surface area contributed by atoms with E-state index >= 15 is 0 Å². The van der Waals surface area contributed by atoms with Crippen LogP contribution in [0.25, 0.3) is 0 Å². The third-order valence-corrected chi connectivity index (χ3v) is 1.26. The molecule has 1 saturated heterocycles. The minimum Gasteiger partial charge on any atom is -0.349 e. The van der Waals surface area contributed by atoms with Crippen LogP contribution in [0.15, 0.2) is 0 Å². The highest BCUT2D eigenvalue weighted by molar-refractivity contribution is 5.56. The van der Waals surface area contributed by atoms with Gasteiger partial charge in [-0.25, -0.2) is 0 Å². The first kappa shape index (κ1) is 6.71. The molecule has 0 aromatic rings. The lowest BCUT2D eigenvalue weighted by Gasteiger charge is -2.03. The van der Waals surface area contributed by atoms with Gasteiger partial charge >= 0.3 is 0 Å². The van der Waals surface area contributed by atoms with Crippen LogP contribution >= 0.6 is 0 Å². The van der Waals surface area contributed by atoms with E-state index in [4.69, 9.17) is 9.47 Å². The monoisotopic (exact) mass is 130 g/mol. The van der Waals surface area contributed by atoms with Gasteiger partial charge in [0, 0.05) is 0 Å². The molecule has 3 nitrogen and oxygen atoms in total. The van der Waals surface area contributed by atoms with Crippen molar-refractivity contribution in [2.45, 2.75) is 25.7 Å². The van der Waals surface area contributed by atoms with Crippen molar-refractivity contribution >= 4 is 6.29 Å². The molecule has 1 aliphatic rings. The Morgan fingerprint density at radius 3 is 2.89 bits per heavy atom. The van der Waals surface area contributed by atoms with Gasteiger partial charge in [0.15, 0.2) is 12.6 Å². The van der Waals surface area contributed by atoms with E-state index in [9.17, 15) is 4.79 Å². The van der Waals surface area contributed by atoms with Gasteiger partial charge in [0.2, 0.25) is 0 Å². The zero-order valence-electron chi connectivity index (χ0n) is 5.37. The number of aldehydes is 1. The molecule has 0 radical (unpaired) electrons. The second-order valence-corrected chi connectivity index (χ2v) is 1.98. The molecule has 0 aromatic heterocycles. The van der Waals surface area contributed by atoms with Gasteiger partial charge in [0.1, 0.15) is 6.10 Å². The van der Waals surface area contributed by atoms with Gasteiger partial charge in [-0.15, -0.1) is 0 Å². The molecule has 0 saturated carbocycles. The maximum atomic E-state index is 10.1. The molecule has 0 unspecified atom stereocenters. The summed E-state index contributed by atoms with van der Waals surface area (Å²) < 4.78 is 10.1. The average Bonchev–Trinajstić information content (AvgIpc) is 2.34. The normalized spacial score (nSPS) is 34.8. The molecule has 0 N–H and O–H groups in total. The van der Waals surface area contributed by atoms with Gasteiger partial charge < -0.3 is 14.3 Å². The van der Waals surface area contributed by atoms with Crippen molar-refractivity contribution in [1.82, 2.24) is 0 Å². The molecule has 0 bridgehead atoms. The second kappa shape index (κ2) is 2.94. The zero-order chi connectivity index (χ0) is 6.69. The summed E-state index contributed by atoms with van der Waals surface area (Å²) in [5.74, 6) is 0. The predicted octanol–water partition coefficient (Wildman–Crippen LogP) is 0.337. The summed E-state index contributed by atoms with van der Waals surface area (Å²) >= 11 is 0. The third-order valence-electron chi connectivity index (χ3n) is 1.26. The maximum Gasteiger partial charge on any atom is 0.158 e. The average molecular weight is 130 g/mol. The van der Waals surface area contributed by atoms with Gasteiger partial charge in [0.05, 0.1) is 6.61 Å². The van der Waals surface area contributed by atoms with Crippen LogP contribution in [0.2, 0.25) is 0 Å². The Balaban J connectivity index is 2.28. The molecular weight excluding hydrogens is 120 g/mol. The van der Waals surface area contributed by atoms with Crippen molar-refractivity contribution in [3.05, 3.63) is 0 Å². The van der Waals surface area contributed by atoms with Crippen LogP contribution in [0.5, 0.6) is 0 Å². The van der Waals surface area contributed by atoms with Gasteiger partial charge in [-0.3, -0.25) is 0 Å². The third kappa shape index (κ3) is 1.50. The van der Waals surface area contributed by atoms with E-state index in [2.05, 4.69) is 0 Å². The summed E-state index contributed by atoms with van der Waals surface area (Å²) in [4.78, 5) is 10.1. The Hall–Kier alpha value is -0.410. The molecule has 9 heavy (non-hydrogen) atoms. The van der Waals surface area contributed by atoms with Crippen LogP contribution < -0.4 is 0 Å². The van der Waals surface area contributed by atoms with E-state index in [1.54, 1.807) is 0 Å². The molecule has 1 fully saturated rings. The quantitative estimate of drug-likeness (QED) is 0.505. The maximum absolute atomic E-state index is 10.1. The van der Waals surface area contributed by atoms with Crippen molar-refractivity contribution in [3.63, 3.8) is 0 Å². The lowest BCUT2D eigenvalue weighted by Crippen LogP contribution is -2.12. The number of carbonyl (C=O) groups excluding carboxylic acids is 1. The molecule has 0 aromatic carbocycles. The lowest BCUT2D eigenvalue weighted by atomic mass is 10.4. The van der Waals surface area contributed by atoms with Crippen molar-refractivity contribution in [2.24, 2.45) is 0 Å². The van der Waals surface area contributed by atoms with Crippen LogP contribution in [0.3, 0.4) is 0 Å². The highest BCUT2D eigenvalue weighted by Gasteiger charge is 2.23. The standard InChI is InChI=1S/C6H10O3/c1-2-6-8-4-5(3-7)9-6/h3,5-6H,2,4H2,1H3/t5-,6+/m1/s1. The zero-order valence-corrected chi connectivity index (χ0v) is 5.37. The van der Waals surface area contributed by atoms with E-state index in [0.29, 0.717) is 6.61 Å². The van der Waals surface area contributed by atoms with Crippen molar-refractivity contribution in [2.75, 3.05) is 6.61 Å². The molecule has 0 amide bonds. The summed E-state index contributed by atoms with van der Waals surface area (Å²) in [5, 5.41) is 0. The first-order valence-corrected chi connectivity index (χ1v) is 3.09. The Kier molecular flexibility index (Phi) is 2.19. The summed E-state index contributed by atoms with van der Waals surface area (Å²) in [6.45, 7) is 2.37. The molecule has 52 valence electrons. The van der Waals surface area contributed by atoms with E-state index in [1.165, 1.54) is 0 Å². The molecule has 1 rings (SSSR count). The van der Waals surface area contributed by atoms with Crippen molar-refractivity contribution < 1.29 is 14.3 Å². The van der Waals surface area contributed by atoms with E-state index < -0.39 is 0 Å². The topological polar surface area (TPSA) is 35.5 Å². The summed E-state index contributed by atoms with van der Waals surface area (Å²) in [6.07, 6.45) is 1.11. The van der Waals surface area contributed by atoms with Crippen LogP contribution in [0.4, 0.5) is 0 Å². The Labute approximate surface area is 53.9 Å². The number of rotatable bonds is 2. The predicted molar refractivity (Wildman–Crippen MR) is 31.0 cm³/mol. The summed E-state index contributed by atoms with van der Waals surface area (Å²) in [7, 11) is 0. The number of carbonyl (C=O) groups is 1. The Morgan fingerprint density at radius 1 is 1.78 bits per heavy atom. The Morgan fingerprint density at radius 2 is 2.56 bits per heavy atom. The first-order chi connectivity index (χ1) is 4.36. The van der Waals surface area contributed by atoms with Crippen LogP contribution in [-0.2, 0) is 14.3 Å². The number of hydrogen-bond acceptors (Lipinski definition) is 3. The van der Waals surface area contributed by atoms with E-state index in [1.807, 2.05) is 6.92 Å². The summed E-state index contributed by atoms with van der Waals surface area (Å²) in [6, 6.07) is 0. The smallest absolute Gasteiger partial charge is 0.158 e. The lowest BCUT2D eigenvalue weighted by molar-refractivity contribution is -0.119. The molecule has 0 spiro atoms. The van der Waals surface area contributed by atoms with Gasteiger partial charge in [0.25, 0.3) is 0 Å². The molecule has 1 aliphatic heterocycles. The SMILES string of the molecule is CC[C@H]1OC[C@@H](C=O)O1. The van der Waals surface area contributed by atoms with E-state index in [-0.39, 0.29) is 12.4 Å². The summed E-state index contributed by atoms with van der Waals surface area (Å²) in [5.41, 5.74) is 0. The van der Waals surface area contributed by atoms with Gasteiger partial charge in [-0.2, -0.15) is 0 Å². The molecule has 0 aliphatic carbocycles. The minimum atomic E-state index is -0.324. The fraction of sp³-hybridized carbons (Fsp3) is 0.833. The largest absolute Gasteiger partial charge is 0.349 e. The van der Waals surface area contributed by atoms with Crippen LogP contribution in [-0.4, -0.2) is 25.3 Å². The van der Waals surface area contributed by atoms with E-state index in [0.717, 1.165) is 12.7 Å². The molecule has 1 heterocycles. The van der Waals surface area contributed by atoms with Crippen LogP contribution in [0.1, 0.15) is 13.3 Å². The fourth-order valence-corrected chi connectivity index (χ4v) is 0.761. The van der Waals surface area contributed by atoms with Gasteiger partial charge in [-0.05, 0) is 6.42 Å². The number of hydrogen-bond donors (Lipinski definition) is 0. The molecule has 2 atom stereocenters. The second-order valence-electron chi connectivity index (χ2n) is 1.98. The highest BCUT2D eigenvalue weighted by atomic mass is 16.7. The van der Waals surface area contributed by atoms with Gasteiger partial charge in [-0.1, -0.05) is 6.92 Å².